The summed E-state index contributed by atoms with van der Waals surface area (Å²) in [6, 6.07) is 17.2. The lowest BCUT2D eigenvalue weighted by atomic mass is 10.1. The predicted molar refractivity (Wildman–Crippen MR) is 148 cm³/mol. The Kier molecular flexibility index (Phi) is 8.58. The third kappa shape index (κ3) is 6.56. The number of benzene rings is 2. The highest BCUT2D eigenvalue weighted by Crippen LogP contribution is 2.27. The normalized spacial score (nSPS) is 10.7. The molecule has 0 aliphatic rings. The van der Waals surface area contributed by atoms with Gasteiger partial charge in [0.25, 0.3) is 5.56 Å². The van der Waals surface area contributed by atoms with Gasteiger partial charge >= 0.3 is 0 Å². The number of aromatic nitrogens is 2. The second-order valence-electron chi connectivity index (χ2n) is 8.47. The van der Waals surface area contributed by atoms with E-state index in [1.54, 1.807) is 33.7 Å². The first-order valence-corrected chi connectivity index (χ1v) is 12.2. The zero-order valence-corrected chi connectivity index (χ0v) is 21.9. The van der Waals surface area contributed by atoms with Crippen LogP contribution in [0.2, 0.25) is 0 Å². The minimum absolute atomic E-state index is 0.162. The van der Waals surface area contributed by atoms with Crippen molar-refractivity contribution in [3.8, 4) is 17.2 Å². The van der Waals surface area contributed by atoms with E-state index in [9.17, 15) is 4.79 Å². The van der Waals surface area contributed by atoms with Crippen LogP contribution in [0, 0.1) is 0 Å². The number of nitrogens with one attached hydrogen (secondary N) is 2. The molecule has 2 heterocycles. The number of hydrogen-bond donors (Lipinski definition) is 2. The Bertz CT molecular complexity index is 1430. The van der Waals surface area contributed by atoms with E-state index in [1.165, 1.54) is 0 Å². The van der Waals surface area contributed by atoms with E-state index in [0.29, 0.717) is 47.6 Å². The summed E-state index contributed by atoms with van der Waals surface area (Å²) in [5.74, 6) is 2.07. The van der Waals surface area contributed by atoms with Gasteiger partial charge in [-0.1, -0.05) is 12.1 Å². The van der Waals surface area contributed by atoms with Crippen molar-refractivity contribution < 1.29 is 14.2 Å². The summed E-state index contributed by atoms with van der Waals surface area (Å²) in [4.78, 5) is 22.1. The standard InChI is InChI=1S/C28H30N4O4S/c1-34-23-8-7-21-14-22(27(33)31-24(21)15-23)18-32(17-20-5-4-11-29-16-20)28(37)30-12-10-19-6-9-25(35-2)26(13-19)36-3/h4-9,11,13-16H,10,12,17-18H2,1-3H3,(H,30,37)(H,31,33). The van der Waals surface area contributed by atoms with Gasteiger partial charge in [0.2, 0.25) is 0 Å². The fraction of sp³-hybridized carbons (Fsp3) is 0.250. The Morgan fingerprint density at radius 1 is 0.973 bits per heavy atom. The van der Waals surface area contributed by atoms with Crippen LogP contribution in [0.1, 0.15) is 16.7 Å². The summed E-state index contributed by atoms with van der Waals surface area (Å²) in [7, 11) is 4.84. The van der Waals surface area contributed by atoms with Crippen molar-refractivity contribution in [1.29, 1.82) is 0 Å². The first kappa shape index (κ1) is 26.0. The average molecular weight is 519 g/mol. The molecule has 0 radical (unpaired) electrons. The molecule has 2 aromatic carbocycles. The highest BCUT2D eigenvalue weighted by Gasteiger charge is 2.15. The van der Waals surface area contributed by atoms with Gasteiger partial charge in [0, 0.05) is 37.1 Å². The average Bonchev–Trinajstić information content (AvgIpc) is 2.93. The number of H-pyrrole nitrogens is 1. The molecule has 8 nitrogen and oxygen atoms in total. The van der Waals surface area contributed by atoms with Gasteiger partial charge in [0.1, 0.15) is 5.75 Å². The van der Waals surface area contributed by atoms with Crippen LogP contribution in [0.25, 0.3) is 10.9 Å². The molecule has 0 bridgehead atoms. The van der Waals surface area contributed by atoms with Crippen LogP contribution in [-0.2, 0) is 19.5 Å². The van der Waals surface area contributed by atoms with Crippen molar-refractivity contribution in [2.24, 2.45) is 0 Å². The zero-order valence-electron chi connectivity index (χ0n) is 21.1. The van der Waals surface area contributed by atoms with Gasteiger partial charge in [-0.3, -0.25) is 9.78 Å². The highest BCUT2D eigenvalue weighted by atomic mass is 32.1. The lowest BCUT2D eigenvalue weighted by Gasteiger charge is -2.26. The third-order valence-electron chi connectivity index (χ3n) is 6.01. The molecule has 4 aromatic rings. The third-order valence-corrected chi connectivity index (χ3v) is 6.42. The maximum absolute atomic E-state index is 12.9. The van der Waals surface area contributed by atoms with E-state index in [-0.39, 0.29) is 5.56 Å². The predicted octanol–water partition coefficient (Wildman–Crippen LogP) is 4.07. The van der Waals surface area contributed by atoms with Crippen molar-refractivity contribution >= 4 is 28.2 Å². The number of nitrogens with zero attached hydrogens (tertiary/aromatic N) is 2. The molecular weight excluding hydrogens is 488 g/mol. The summed E-state index contributed by atoms with van der Waals surface area (Å²) in [6.07, 6.45) is 4.27. The van der Waals surface area contributed by atoms with E-state index in [0.717, 1.165) is 28.5 Å². The van der Waals surface area contributed by atoms with Crippen molar-refractivity contribution in [3.63, 3.8) is 0 Å². The molecule has 0 spiro atoms. The van der Waals surface area contributed by atoms with Gasteiger partial charge in [-0.15, -0.1) is 0 Å². The molecule has 0 unspecified atom stereocenters. The molecule has 0 fully saturated rings. The summed E-state index contributed by atoms with van der Waals surface area (Å²) in [5.41, 5.74) is 3.26. The molecule has 9 heteroatoms. The van der Waals surface area contributed by atoms with E-state index in [1.807, 2.05) is 59.5 Å². The minimum atomic E-state index is -0.162. The summed E-state index contributed by atoms with van der Waals surface area (Å²) < 4.78 is 16.0. The lowest BCUT2D eigenvalue weighted by Crippen LogP contribution is -2.40. The fourth-order valence-electron chi connectivity index (χ4n) is 4.05. The summed E-state index contributed by atoms with van der Waals surface area (Å²) in [6.45, 7) is 1.47. The van der Waals surface area contributed by atoms with Gasteiger partial charge in [-0.05, 0) is 71.6 Å². The minimum Gasteiger partial charge on any atom is -0.497 e. The quantitative estimate of drug-likeness (QED) is 0.304. The second-order valence-corrected chi connectivity index (χ2v) is 8.85. The van der Waals surface area contributed by atoms with Gasteiger partial charge in [-0.25, -0.2) is 0 Å². The number of pyridine rings is 2. The summed E-state index contributed by atoms with van der Waals surface area (Å²) >= 11 is 5.77. The van der Waals surface area contributed by atoms with Crippen molar-refractivity contribution in [1.82, 2.24) is 20.2 Å². The Morgan fingerprint density at radius 2 is 1.81 bits per heavy atom. The molecule has 2 aromatic heterocycles. The van der Waals surface area contributed by atoms with Gasteiger partial charge in [0.05, 0.1) is 33.4 Å². The highest BCUT2D eigenvalue weighted by molar-refractivity contribution is 7.80. The smallest absolute Gasteiger partial charge is 0.253 e. The molecule has 0 atom stereocenters. The van der Waals surface area contributed by atoms with Crippen LogP contribution < -0.4 is 25.1 Å². The van der Waals surface area contributed by atoms with E-state index in [4.69, 9.17) is 26.4 Å². The van der Waals surface area contributed by atoms with Crippen molar-refractivity contribution in [2.45, 2.75) is 19.5 Å². The van der Waals surface area contributed by atoms with Crippen LogP contribution in [0.5, 0.6) is 17.2 Å². The second kappa shape index (κ2) is 12.2. The van der Waals surface area contributed by atoms with E-state index in [2.05, 4.69) is 15.3 Å². The fourth-order valence-corrected chi connectivity index (χ4v) is 4.28. The van der Waals surface area contributed by atoms with E-state index < -0.39 is 0 Å². The van der Waals surface area contributed by atoms with Gasteiger partial charge in [0.15, 0.2) is 16.6 Å². The number of thiocarbonyl (C=S) groups is 1. The Hall–Kier alpha value is -4.11. The van der Waals surface area contributed by atoms with Crippen LogP contribution in [0.3, 0.4) is 0 Å². The number of fused-ring (bicyclic) bond motifs is 1. The lowest BCUT2D eigenvalue weighted by molar-refractivity contribution is 0.354. The number of ether oxygens (including phenoxy) is 3. The maximum Gasteiger partial charge on any atom is 0.253 e. The topological polar surface area (TPSA) is 88.7 Å². The largest absolute Gasteiger partial charge is 0.497 e. The summed E-state index contributed by atoms with van der Waals surface area (Å²) in [5, 5.41) is 4.82. The molecule has 0 aliphatic carbocycles. The number of hydrogen-bond acceptors (Lipinski definition) is 6. The monoisotopic (exact) mass is 518 g/mol. The first-order valence-electron chi connectivity index (χ1n) is 11.8. The molecule has 0 aliphatic heterocycles. The van der Waals surface area contributed by atoms with Crippen LogP contribution in [0.15, 0.2) is 71.8 Å². The molecule has 2 N–H and O–H groups in total. The van der Waals surface area contributed by atoms with E-state index >= 15 is 0 Å². The Labute approximate surface area is 221 Å². The maximum atomic E-state index is 12.9. The van der Waals surface area contributed by atoms with Crippen LogP contribution in [-0.4, -0.2) is 47.9 Å². The number of rotatable bonds is 10. The SMILES string of the molecule is COc1ccc2cc(CN(Cc3cccnc3)C(=S)NCCc3ccc(OC)c(OC)c3)c(=O)[nH]c2c1. The Morgan fingerprint density at radius 3 is 2.54 bits per heavy atom. The molecule has 0 saturated carbocycles. The van der Waals surface area contributed by atoms with Crippen LogP contribution >= 0.6 is 12.2 Å². The molecule has 0 saturated heterocycles. The van der Waals surface area contributed by atoms with Gasteiger partial charge < -0.3 is 29.4 Å². The van der Waals surface area contributed by atoms with Crippen molar-refractivity contribution in [2.75, 3.05) is 27.9 Å². The molecule has 37 heavy (non-hydrogen) atoms. The molecule has 4 rings (SSSR count). The molecule has 0 amide bonds. The van der Waals surface area contributed by atoms with Crippen molar-refractivity contribution in [3.05, 3.63) is 94.0 Å². The van der Waals surface area contributed by atoms with Crippen LogP contribution in [0.4, 0.5) is 0 Å². The number of aromatic amines is 1. The number of methoxy groups -OCH3 is 3. The Balaban J connectivity index is 1.50. The molecular formula is C28H30N4O4S. The van der Waals surface area contributed by atoms with Gasteiger partial charge in [-0.2, -0.15) is 0 Å². The zero-order chi connectivity index (χ0) is 26.2. The molecule has 192 valence electrons. The first-order chi connectivity index (χ1) is 18.0.